The Hall–Kier alpha value is -0.940. The molecule has 4 fully saturated rings. The summed E-state index contributed by atoms with van der Waals surface area (Å²) in [5.74, 6) is -1.44. The molecule has 22 heavy (non-hydrogen) atoms. The number of aliphatic hydroxyl groups excluding tert-OH is 1. The van der Waals surface area contributed by atoms with Gasteiger partial charge in [-0.25, -0.2) is 0 Å². The van der Waals surface area contributed by atoms with Crippen molar-refractivity contribution in [1.82, 2.24) is 0 Å². The quantitative estimate of drug-likeness (QED) is 0.543. The van der Waals surface area contributed by atoms with Crippen molar-refractivity contribution in [2.24, 2.45) is 29.1 Å². The topological polar surface area (TPSA) is 72.8 Å². The molecule has 3 saturated heterocycles. The summed E-state index contributed by atoms with van der Waals surface area (Å²) in [5.41, 5.74) is -2.35. The maximum Gasteiger partial charge on any atom is 0.322 e. The molecule has 4 rings (SSSR count). The van der Waals surface area contributed by atoms with Crippen molar-refractivity contribution in [2.45, 2.75) is 65.5 Å². The van der Waals surface area contributed by atoms with E-state index in [1.807, 2.05) is 34.6 Å². The van der Waals surface area contributed by atoms with Crippen LogP contribution in [0.4, 0.5) is 0 Å². The molecule has 0 aromatic rings. The predicted molar refractivity (Wildman–Crippen MR) is 78.9 cm³/mol. The number of esters is 1. The average Bonchev–Trinajstić information content (AvgIpc) is 2.48. The van der Waals surface area contributed by atoms with Crippen LogP contribution < -0.4 is 0 Å². The molecule has 1 saturated carbocycles. The van der Waals surface area contributed by atoms with E-state index in [1.54, 1.807) is 6.92 Å². The molecule has 3 aliphatic heterocycles. The largest absolute Gasteiger partial charge is 0.460 e. The van der Waals surface area contributed by atoms with E-state index in [4.69, 9.17) is 9.47 Å². The zero-order valence-electron chi connectivity index (χ0n) is 14.1. The minimum atomic E-state index is -1.35. The van der Waals surface area contributed by atoms with Crippen molar-refractivity contribution >= 4 is 11.8 Å². The van der Waals surface area contributed by atoms with Crippen molar-refractivity contribution < 1.29 is 24.2 Å². The molecule has 0 aromatic heterocycles. The monoisotopic (exact) mass is 310 g/mol. The highest BCUT2D eigenvalue weighted by Crippen LogP contribution is 2.61. The van der Waals surface area contributed by atoms with Crippen LogP contribution in [-0.2, 0) is 19.1 Å². The second-order valence-electron chi connectivity index (χ2n) is 7.69. The van der Waals surface area contributed by atoms with Crippen molar-refractivity contribution in [3.63, 3.8) is 0 Å². The van der Waals surface area contributed by atoms with Crippen LogP contribution in [0.3, 0.4) is 0 Å². The van der Waals surface area contributed by atoms with Gasteiger partial charge in [0.05, 0.1) is 18.1 Å². The Bertz CT molecular complexity index is 525. The molecule has 9 atom stereocenters. The minimum absolute atomic E-state index is 0.0413. The lowest BCUT2D eigenvalue weighted by Crippen LogP contribution is -2.79. The lowest BCUT2D eigenvalue weighted by Gasteiger charge is -2.65. The van der Waals surface area contributed by atoms with E-state index in [9.17, 15) is 14.7 Å². The number of aliphatic hydroxyl groups is 1. The van der Waals surface area contributed by atoms with Crippen LogP contribution in [0.2, 0.25) is 0 Å². The SMILES string of the molecule is CC1C(=O)[C@]2(C)C(=O)O[C@H]1[C@H](C)[C@]21O[C@H](C)[C@@H](C)[C@@H](O)C1C. The number of ketones is 1. The first kappa shape index (κ1) is 15.9. The standard InChI is InChI=1S/C17H26O5/c1-7-11(5)22-17(9(3)12(7)18)10(4)13-8(2)14(19)16(17,6)15(20)21-13/h7-13,18H,1-6H3/t7-,8?,9?,10+,11-,12-,13-,16-,17+/m1/s1. The lowest BCUT2D eigenvalue weighted by molar-refractivity contribution is -0.317. The van der Waals surface area contributed by atoms with E-state index < -0.39 is 29.2 Å². The van der Waals surface area contributed by atoms with Gasteiger partial charge >= 0.3 is 5.97 Å². The smallest absolute Gasteiger partial charge is 0.322 e. The van der Waals surface area contributed by atoms with Gasteiger partial charge in [-0.2, -0.15) is 0 Å². The molecule has 5 heteroatoms. The van der Waals surface area contributed by atoms with E-state index in [-0.39, 0.29) is 35.6 Å². The maximum absolute atomic E-state index is 12.9. The highest BCUT2D eigenvalue weighted by Gasteiger charge is 2.76. The fourth-order valence-electron chi connectivity index (χ4n) is 5.24. The number of Topliss-reactive ketones (excluding diaryl/α,β-unsaturated/α-hetero) is 1. The average molecular weight is 310 g/mol. The van der Waals surface area contributed by atoms with Crippen LogP contribution in [0.15, 0.2) is 0 Å². The van der Waals surface area contributed by atoms with Gasteiger partial charge in [-0.3, -0.25) is 9.59 Å². The number of carbonyl (C=O) groups is 2. The predicted octanol–water partition coefficient (Wildman–Crippen LogP) is 1.56. The maximum atomic E-state index is 12.9. The third-order valence-corrected chi connectivity index (χ3v) is 6.85. The molecule has 0 amide bonds. The van der Waals surface area contributed by atoms with Crippen LogP contribution in [0.1, 0.15) is 41.5 Å². The van der Waals surface area contributed by atoms with E-state index in [0.717, 1.165) is 0 Å². The molecule has 124 valence electrons. The second-order valence-corrected chi connectivity index (χ2v) is 7.69. The summed E-state index contributed by atoms with van der Waals surface area (Å²) in [5, 5.41) is 10.7. The first-order valence-electron chi connectivity index (χ1n) is 8.22. The zero-order valence-corrected chi connectivity index (χ0v) is 14.1. The summed E-state index contributed by atoms with van der Waals surface area (Å²) in [4.78, 5) is 25.5. The molecule has 2 unspecified atom stereocenters. The highest BCUT2D eigenvalue weighted by atomic mass is 16.6. The summed E-state index contributed by atoms with van der Waals surface area (Å²) in [7, 11) is 0. The normalized spacial score (nSPS) is 58.0. The van der Waals surface area contributed by atoms with E-state index in [2.05, 4.69) is 0 Å². The molecule has 1 spiro atoms. The third kappa shape index (κ3) is 1.47. The molecule has 0 radical (unpaired) electrons. The van der Waals surface area contributed by atoms with Gasteiger partial charge in [0.15, 0.2) is 11.2 Å². The fraction of sp³-hybridized carbons (Fsp3) is 0.882. The summed E-state index contributed by atoms with van der Waals surface area (Å²) in [6, 6.07) is 0. The van der Waals surface area contributed by atoms with Crippen LogP contribution in [0, 0.1) is 29.1 Å². The molecule has 0 aromatic carbocycles. The Morgan fingerprint density at radius 3 is 2.23 bits per heavy atom. The number of rotatable bonds is 0. The third-order valence-electron chi connectivity index (χ3n) is 6.85. The first-order valence-corrected chi connectivity index (χ1v) is 8.22. The minimum Gasteiger partial charge on any atom is -0.460 e. The van der Waals surface area contributed by atoms with Gasteiger partial charge in [0, 0.05) is 17.8 Å². The summed E-state index contributed by atoms with van der Waals surface area (Å²) < 4.78 is 11.9. The van der Waals surface area contributed by atoms with Crippen molar-refractivity contribution in [2.75, 3.05) is 0 Å². The Morgan fingerprint density at radius 1 is 1.05 bits per heavy atom. The van der Waals surface area contributed by atoms with Crippen molar-refractivity contribution in [3.05, 3.63) is 0 Å². The fourth-order valence-corrected chi connectivity index (χ4v) is 5.24. The molecule has 1 N–H and O–H groups in total. The van der Waals surface area contributed by atoms with Gasteiger partial charge in [-0.1, -0.05) is 27.7 Å². The van der Waals surface area contributed by atoms with Gasteiger partial charge < -0.3 is 14.6 Å². The van der Waals surface area contributed by atoms with Crippen LogP contribution in [0.25, 0.3) is 0 Å². The number of ether oxygens (including phenoxy) is 2. The molecular weight excluding hydrogens is 284 g/mol. The van der Waals surface area contributed by atoms with Crippen LogP contribution >= 0.6 is 0 Å². The van der Waals surface area contributed by atoms with Gasteiger partial charge in [-0.15, -0.1) is 0 Å². The van der Waals surface area contributed by atoms with Gasteiger partial charge in [0.1, 0.15) is 11.7 Å². The highest BCUT2D eigenvalue weighted by molar-refractivity contribution is 6.09. The van der Waals surface area contributed by atoms with Crippen molar-refractivity contribution in [3.8, 4) is 0 Å². The zero-order chi connectivity index (χ0) is 16.6. The molecular formula is C17H26O5. The lowest BCUT2D eigenvalue weighted by atomic mass is 9.48. The van der Waals surface area contributed by atoms with E-state index in [0.29, 0.717) is 0 Å². The van der Waals surface area contributed by atoms with E-state index in [1.165, 1.54) is 0 Å². The van der Waals surface area contributed by atoms with Gasteiger partial charge in [0.25, 0.3) is 0 Å². The first-order chi connectivity index (χ1) is 10.1. The summed E-state index contributed by atoms with van der Waals surface area (Å²) >= 11 is 0. The number of hydrogen-bond donors (Lipinski definition) is 1. The molecule has 5 nitrogen and oxygen atoms in total. The molecule has 1 aliphatic carbocycles. The van der Waals surface area contributed by atoms with Gasteiger partial charge in [0.2, 0.25) is 0 Å². The summed E-state index contributed by atoms with van der Waals surface area (Å²) in [6.07, 6.45) is -1.31. The summed E-state index contributed by atoms with van der Waals surface area (Å²) in [6.45, 7) is 11.2. The Balaban J connectivity index is 2.20. The van der Waals surface area contributed by atoms with Crippen LogP contribution in [-0.4, -0.2) is 40.8 Å². The Morgan fingerprint density at radius 2 is 1.64 bits per heavy atom. The molecule has 2 bridgehead atoms. The Kier molecular flexibility index (Phi) is 3.29. The molecule has 4 aliphatic rings. The molecule has 3 heterocycles. The number of hydrogen-bond acceptors (Lipinski definition) is 5. The van der Waals surface area contributed by atoms with Gasteiger partial charge in [-0.05, 0) is 13.8 Å². The van der Waals surface area contributed by atoms with E-state index >= 15 is 0 Å². The number of carbonyl (C=O) groups excluding carboxylic acids is 2. The van der Waals surface area contributed by atoms with Crippen molar-refractivity contribution in [1.29, 1.82) is 0 Å². The second kappa shape index (κ2) is 4.54. The Labute approximate surface area is 131 Å². The van der Waals surface area contributed by atoms with Crippen LogP contribution in [0.5, 0.6) is 0 Å². The number of fused-ring (bicyclic) bond motifs is 2.